The van der Waals surface area contributed by atoms with Crippen molar-refractivity contribution in [3.05, 3.63) is 11.9 Å². The third-order valence-corrected chi connectivity index (χ3v) is 5.34. The van der Waals surface area contributed by atoms with Crippen LogP contribution >= 0.6 is 0 Å². The van der Waals surface area contributed by atoms with Gasteiger partial charge in [0.25, 0.3) is 0 Å². The molecule has 9 nitrogen and oxygen atoms in total. The molecule has 0 atom stereocenters. The highest BCUT2D eigenvalue weighted by Gasteiger charge is 2.22. The van der Waals surface area contributed by atoms with Gasteiger partial charge in [0, 0.05) is 25.5 Å². The minimum absolute atomic E-state index is 0.350. The number of rotatable bonds is 12. The quantitative estimate of drug-likeness (QED) is 0.416. The topological polar surface area (TPSA) is 99.9 Å². The summed E-state index contributed by atoms with van der Waals surface area (Å²) in [4.78, 5) is 16.6. The third-order valence-electron chi connectivity index (χ3n) is 5.34. The number of aromatic nitrogens is 4. The van der Waals surface area contributed by atoms with Crippen molar-refractivity contribution in [2.45, 2.75) is 52.9 Å². The molecule has 9 heteroatoms. The summed E-state index contributed by atoms with van der Waals surface area (Å²) < 4.78 is 18.6. The van der Waals surface area contributed by atoms with Gasteiger partial charge in [0.1, 0.15) is 17.1 Å². The van der Waals surface area contributed by atoms with E-state index in [1.54, 1.807) is 21.3 Å². The SMILES string of the molecule is COc1cc2nc(NCCCCCC(=O)CC(C)C)c3nnc(C)n3c2c(OC)c1OC. The number of hydrogen-bond acceptors (Lipinski definition) is 8. The maximum Gasteiger partial charge on any atom is 0.205 e. The van der Waals surface area contributed by atoms with Gasteiger partial charge in [-0.3, -0.25) is 9.20 Å². The molecule has 0 aliphatic carbocycles. The molecule has 0 bridgehead atoms. The number of carbonyl (C=O) groups excluding carboxylic acids is 1. The summed E-state index contributed by atoms with van der Waals surface area (Å²) in [5.74, 6) is 3.67. The van der Waals surface area contributed by atoms with Crippen molar-refractivity contribution in [2.24, 2.45) is 5.92 Å². The Bertz CT molecular complexity index is 1090. The van der Waals surface area contributed by atoms with Crippen LogP contribution in [0.15, 0.2) is 6.07 Å². The van der Waals surface area contributed by atoms with Crippen LogP contribution in [0.4, 0.5) is 5.82 Å². The van der Waals surface area contributed by atoms with Crippen molar-refractivity contribution < 1.29 is 19.0 Å². The van der Waals surface area contributed by atoms with E-state index in [2.05, 4.69) is 29.4 Å². The van der Waals surface area contributed by atoms with Gasteiger partial charge < -0.3 is 19.5 Å². The number of ketones is 1. The number of methoxy groups -OCH3 is 3. The van der Waals surface area contributed by atoms with Gasteiger partial charge in [0.05, 0.1) is 26.8 Å². The maximum atomic E-state index is 11.9. The van der Waals surface area contributed by atoms with E-state index < -0.39 is 0 Å². The lowest BCUT2D eigenvalue weighted by atomic mass is 10.0. The van der Waals surface area contributed by atoms with Crippen molar-refractivity contribution in [1.29, 1.82) is 0 Å². The average Bonchev–Trinajstić information content (AvgIpc) is 3.15. The number of Topliss-reactive ketones (excluding diaryl/α,β-unsaturated/α-hetero) is 1. The molecule has 0 amide bonds. The molecule has 0 aliphatic rings. The van der Waals surface area contributed by atoms with E-state index in [0.717, 1.165) is 31.3 Å². The van der Waals surface area contributed by atoms with Crippen LogP contribution in [0.5, 0.6) is 17.2 Å². The Morgan fingerprint density at radius 1 is 1.06 bits per heavy atom. The summed E-state index contributed by atoms with van der Waals surface area (Å²) in [7, 11) is 4.74. The number of anilines is 1. The first-order valence-corrected chi connectivity index (χ1v) is 11.0. The van der Waals surface area contributed by atoms with Crippen molar-refractivity contribution in [3.8, 4) is 17.2 Å². The number of carbonyl (C=O) groups is 1. The number of hydrogen-bond donors (Lipinski definition) is 1. The first kappa shape index (κ1) is 23.6. The molecule has 2 heterocycles. The van der Waals surface area contributed by atoms with Crippen molar-refractivity contribution in [3.63, 3.8) is 0 Å². The Labute approximate surface area is 188 Å². The number of ether oxygens (including phenoxy) is 3. The minimum atomic E-state index is 0.350. The lowest BCUT2D eigenvalue weighted by Gasteiger charge is -2.17. The maximum absolute atomic E-state index is 11.9. The predicted molar refractivity (Wildman–Crippen MR) is 124 cm³/mol. The molecule has 1 N–H and O–H groups in total. The predicted octanol–water partition coefficient (Wildman–Crippen LogP) is 4.20. The molecule has 0 saturated heterocycles. The van der Waals surface area contributed by atoms with Crippen molar-refractivity contribution >= 4 is 28.3 Å². The molecule has 0 radical (unpaired) electrons. The smallest absolute Gasteiger partial charge is 0.205 e. The second-order valence-electron chi connectivity index (χ2n) is 8.25. The molecule has 174 valence electrons. The van der Waals surface area contributed by atoms with E-state index in [9.17, 15) is 4.79 Å². The largest absolute Gasteiger partial charge is 0.493 e. The Balaban J connectivity index is 1.82. The lowest BCUT2D eigenvalue weighted by Crippen LogP contribution is -2.08. The molecule has 3 aromatic rings. The molecular formula is C23H33N5O4. The molecule has 0 unspecified atom stereocenters. The standard InChI is InChI=1S/C23H33N5O4/c1-14(2)12-16(29)10-8-7-9-11-24-22-23-27-26-15(3)28(23)19-17(25-22)13-18(30-4)20(31-5)21(19)32-6/h13-14H,7-12H2,1-6H3,(H,24,25). The van der Waals surface area contributed by atoms with Gasteiger partial charge in [0.15, 0.2) is 17.3 Å². The van der Waals surface area contributed by atoms with E-state index >= 15 is 0 Å². The Morgan fingerprint density at radius 3 is 2.47 bits per heavy atom. The first-order valence-electron chi connectivity index (χ1n) is 11.0. The monoisotopic (exact) mass is 443 g/mol. The molecule has 2 aromatic heterocycles. The fraction of sp³-hybridized carbons (Fsp3) is 0.565. The highest BCUT2D eigenvalue weighted by Crippen LogP contribution is 2.43. The second-order valence-corrected chi connectivity index (χ2v) is 8.25. The third kappa shape index (κ3) is 4.87. The summed E-state index contributed by atoms with van der Waals surface area (Å²) in [6, 6.07) is 1.82. The average molecular weight is 444 g/mol. The van der Waals surface area contributed by atoms with Crippen LogP contribution in [-0.4, -0.2) is 53.2 Å². The van der Waals surface area contributed by atoms with E-state index in [-0.39, 0.29) is 0 Å². The van der Waals surface area contributed by atoms with Crippen LogP contribution < -0.4 is 19.5 Å². The fourth-order valence-electron chi connectivity index (χ4n) is 3.89. The molecule has 3 rings (SSSR count). The Hall–Kier alpha value is -3.10. The molecule has 0 spiro atoms. The normalized spacial score (nSPS) is 11.3. The number of nitrogens with one attached hydrogen (secondary N) is 1. The van der Waals surface area contributed by atoms with Gasteiger partial charge >= 0.3 is 0 Å². The van der Waals surface area contributed by atoms with Gasteiger partial charge in [0.2, 0.25) is 11.4 Å². The first-order chi connectivity index (χ1) is 15.4. The molecular weight excluding hydrogens is 410 g/mol. The van der Waals surface area contributed by atoms with E-state index in [1.807, 2.05) is 17.4 Å². The fourth-order valence-corrected chi connectivity index (χ4v) is 3.89. The zero-order valence-electron chi connectivity index (χ0n) is 19.8. The number of benzene rings is 1. The summed E-state index contributed by atoms with van der Waals surface area (Å²) >= 11 is 0. The minimum Gasteiger partial charge on any atom is -0.493 e. The van der Waals surface area contributed by atoms with Gasteiger partial charge in [-0.15, -0.1) is 10.2 Å². The Kier molecular flexibility index (Phi) is 7.71. The summed E-state index contributed by atoms with van der Waals surface area (Å²) in [5, 5.41) is 12.0. The summed E-state index contributed by atoms with van der Waals surface area (Å²) in [6.07, 6.45) is 4.14. The second kappa shape index (κ2) is 10.5. The van der Waals surface area contributed by atoms with Crippen molar-refractivity contribution in [2.75, 3.05) is 33.2 Å². The molecule has 0 aliphatic heterocycles. The van der Waals surface area contributed by atoms with Crippen LogP contribution in [0.25, 0.3) is 16.7 Å². The van der Waals surface area contributed by atoms with Gasteiger partial charge in [-0.05, 0) is 25.7 Å². The number of fused-ring (bicyclic) bond motifs is 3. The van der Waals surface area contributed by atoms with Crippen LogP contribution in [0.2, 0.25) is 0 Å². The molecule has 0 saturated carbocycles. The van der Waals surface area contributed by atoms with Crippen LogP contribution in [0.3, 0.4) is 0 Å². The zero-order valence-corrected chi connectivity index (χ0v) is 19.8. The Morgan fingerprint density at radius 2 is 1.81 bits per heavy atom. The molecule has 32 heavy (non-hydrogen) atoms. The van der Waals surface area contributed by atoms with E-state index in [1.165, 1.54) is 0 Å². The van der Waals surface area contributed by atoms with Gasteiger partial charge in [-0.25, -0.2) is 4.98 Å². The van der Waals surface area contributed by atoms with Crippen LogP contribution in [0.1, 0.15) is 51.8 Å². The summed E-state index contributed by atoms with van der Waals surface area (Å²) in [5.41, 5.74) is 2.01. The lowest BCUT2D eigenvalue weighted by molar-refractivity contribution is -0.119. The van der Waals surface area contributed by atoms with Gasteiger partial charge in [-0.2, -0.15) is 0 Å². The van der Waals surface area contributed by atoms with Crippen LogP contribution in [-0.2, 0) is 4.79 Å². The van der Waals surface area contributed by atoms with Crippen LogP contribution in [0, 0.1) is 12.8 Å². The van der Waals surface area contributed by atoms with Gasteiger partial charge in [-0.1, -0.05) is 20.3 Å². The zero-order chi connectivity index (χ0) is 23.3. The van der Waals surface area contributed by atoms with Crippen molar-refractivity contribution in [1.82, 2.24) is 19.6 Å². The number of aryl methyl sites for hydroxylation is 1. The molecule has 0 fully saturated rings. The molecule has 1 aromatic carbocycles. The number of nitrogens with zero attached hydrogens (tertiary/aromatic N) is 4. The van der Waals surface area contributed by atoms with E-state index in [0.29, 0.717) is 64.6 Å². The highest BCUT2D eigenvalue weighted by molar-refractivity contribution is 5.92. The highest BCUT2D eigenvalue weighted by atomic mass is 16.5. The van der Waals surface area contributed by atoms with E-state index in [4.69, 9.17) is 19.2 Å². The number of unbranched alkanes of at least 4 members (excludes halogenated alkanes) is 2. The summed E-state index contributed by atoms with van der Waals surface area (Å²) in [6.45, 7) is 6.76.